The van der Waals surface area contributed by atoms with Crippen molar-refractivity contribution in [3.8, 4) is 11.1 Å². The number of aliphatic carboxylic acids is 1. The summed E-state index contributed by atoms with van der Waals surface area (Å²) in [5, 5.41) is 17.7. The van der Waals surface area contributed by atoms with Gasteiger partial charge in [-0.25, -0.2) is 0 Å². The van der Waals surface area contributed by atoms with E-state index in [-0.39, 0.29) is 6.23 Å². The van der Waals surface area contributed by atoms with Gasteiger partial charge in [0.25, 0.3) is 0 Å². The molecule has 0 spiro atoms. The van der Waals surface area contributed by atoms with Crippen molar-refractivity contribution in [1.82, 2.24) is 4.90 Å². The van der Waals surface area contributed by atoms with Crippen LogP contribution in [0.25, 0.3) is 11.1 Å². The number of carboxylic acids is 1. The van der Waals surface area contributed by atoms with Crippen LogP contribution >= 0.6 is 0 Å². The van der Waals surface area contributed by atoms with Crippen molar-refractivity contribution in [2.45, 2.75) is 32.4 Å². The van der Waals surface area contributed by atoms with Gasteiger partial charge in [-0.2, -0.15) is 0 Å². The third-order valence-electron chi connectivity index (χ3n) is 3.87. The molecule has 0 aliphatic rings. The molecule has 0 radical (unpaired) electrons. The molecule has 0 aliphatic heterocycles. The normalized spacial score (nSPS) is 12.9. The van der Waals surface area contributed by atoms with Gasteiger partial charge in [-0.1, -0.05) is 61.5 Å². The second kappa shape index (κ2) is 9.85. The van der Waals surface area contributed by atoms with Gasteiger partial charge in [0.05, 0.1) is 5.92 Å². The predicted molar refractivity (Wildman–Crippen MR) is 97.9 cm³/mol. The lowest BCUT2D eigenvalue weighted by Crippen LogP contribution is -2.23. The Morgan fingerprint density at radius 2 is 1.46 bits per heavy atom. The van der Waals surface area contributed by atoms with Crippen molar-refractivity contribution in [1.29, 1.82) is 0 Å². The minimum Gasteiger partial charge on any atom is -0.481 e. The van der Waals surface area contributed by atoms with Crippen molar-refractivity contribution in [3.63, 3.8) is 0 Å². The molecule has 0 bridgehead atoms. The molecule has 4 heteroatoms. The molecule has 4 nitrogen and oxygen atoms in total. The van der Waals surface area contributed by atoms with E-state index in [1.165, 1.54) is 0 Å². The lowest BCUT2D eigenvalue weighted by atomic mass is 9.94. The Kier molecular flexibility index (Phi) is 8.16. The molecule has 2 N–H and O–H groups in total. The molecule has 24 heavy (non-hydrogen) atoms. The molecular weight excluding hydrogens is 302 g/mol. The number of hydrogen-bond donors (Lipinski definition) is 2. The second-order valence-electron chi connectivity index (χ2n) is 5.88. The SMILES string of the molecule is CC(O)N(C)C.CCC(C(=O)O)c1ccc(-c2ccccc2)cc1. The third-order valence-corrected chi connectivity index (χ3v) is 3.87. The monoisotopic (exact) mass is 329 g/mol. The largest absolute Gasteiger partial charge is 0.481 e. The van der Waals surface area contributed by atoms with Gasteiger partial charge in [-0.05, 0) is 44.1 Å². The second-order valence-corrected chi connectivity index (χ2v) is 5.88. The summed E-state index contributed by atoms with van der Waals surface area (Å²) in [5.74, 6) is -1.17. The number of carbonyl (C=O) groups is 1. The Hall–Kier alpha value is -2.17. The molecule has 0 fully saturated rings. The number of benzene rings is 2. The first-order valence-electron chi connectivity index (χ1n) is 8.09. The fourth-order valence-electron chi connectivity index (χ4n) is 2.09. The van der Waals surface area contributed by atoms with E-state index in [4.69, 9.17) is 10.2 Å². The van der Waals surface area contributed by atoms with E-state index < -0.39 is 11.9 Å². The number of aliphatic hydroxyl groups is 1. The van der Waals surface area contributed by atoms with Crippen LogP contribution in [0, 0.1) is 0 Å². The van der Waals surface area contributed by atoms with Crippen LogP contribution in [0.5, 0.6) is 0 Å². The number of nitrogens with zero attached hydrogens (tertiary/aromatic N) is 1. The first-order chi connectivity index (χ1) is 11.4. The van der Waals surface area contributed by atoms with Crippen molar-refractivity contribution in [3.05, 3.63) is 60.2 Å². The predicted octanol–water partition coefficient (Wildman–Crippen LogP) is 3.82. The molecule has 0 saturated heterocycles. The number of hydrogen-bond acceptors (Lipinski definition) is 3. The van der Waals surface area contributed by atoms with Crippen LogP contribution in [0.15, 0.2) is 54.6 Å². The lowest BCUT2D eigenvalue weighted by molar-refractivity contribution is -0.138. The molecule has 2 aromatic carbocycles. The number of rotatable bonds is 5. The summed E-state index contributed by atoms with van der Waals surface area (Å²) >= 11 is 0. The van der Waals surface area contributed by atoms with Crippen LogP contribution in [0.1, 0.15) is 31.7 Å². The molecule has 0 aliphatic carbocycles. The van der Waals surface area contributed by atoms with Gasteiger partial charge in [0.1, 0.15) is 6.23 Å². The molecule has 0 aromatic heterocycles. The van der Waals surface area contributed by atoms with Crippen molar-refractivity contribution in [2.24, 2.45) is 0 Å². The topological polar surface area (TPSA) is 60.8 Å². The summed E-state index contributed by atoms with van der Waals surface area (Å²) in [6, 6.07) is 17.8. The fraction of sp³-hybridized carbons (Fsp3) is 0.350. The fourth-order valence-corrected chi connectivity index (χ4v) is 2.09. The quantitative estimate of drug-likeness (QED) is 0.819. The Morgan fingerprint density at radius 3 is 1.83 bits per heavy atom. The lowest BCUT2D eigenvalue weighted by Gasteiger charge is -2.11. The highest BCUT2D eigenvalue weighted by molar-refractivity contribution is 5.76. The van der Waals surface area contributed by atoms with Gasteiger partial charge in [0.2, 0.25) is 0 Å². The molecule has 2 unspecified atom stereocenters. The van der Waals surface area contributed by atoms with E-state index in [1.807, 2.05) is 75.6 Å². The van der Waals surface area contributed by atoms with Crippen LogP contribution in [0.2, 0.25) is 0 Å². The van der Waals surface area contributed by atoms with E-state index in [2.05, 4.69) is 0 Å². The van der Waals surface area contributed by atoms with E-state index in [9.17, 15) is 4.79 Å². The summed E-state index contributed by atoms with van der Waals surface area (Å²) in [4.78, 5) is 12.8. The van der Waals surface area contributed by atoms with Gasteiger partial charge in [0.15, 0.2) is 0 Å². The van der Waals surface area contributed by atoms with E-state index >= 15 is 0 Å². The molecule has 0 heterocycles. The van der Waals surface area contributed by atoms with Crippen molar-refractivity contribution in [2.75, 3.05) is 14.1 Å². The van der Waals surface area contributed by atoms with Gasteiger partial charge in [-0.15, -0.1) is 0 Å². The zero-order valence-corrected chi connectivity index (χ0v) is 14.8. The van der Waals surface area contributed by atoms with Gasteiger partial charge >= 0.3 is 5.97 Å². The standard InChI is InChI=1S/C16H16O2.C4H11NO/c1-2-15(16(17)18)14-10-8-13(9-11-14)12-6-4-3-5-7-12;1-4(6)5(2)3/h3-11,15H,2H2,1H3,(H,17,18);4,6H,1-3H3. The Balaban J connectivity index is 0.000000413. The summed E-state index contributed by atoms with van der Waals surface area (Å²) < 4.78 is 0. The van der Waals surface area contributed by atoms with E-state index in [1.54, 1.807) is 11.8 Å². The highest BCUT2D eigenvalue weighted by atomic mass is 16.4. The smallest absolute Gasteiger partial charge is 0.310 e. The zero-order chi connectivity index (χ0) is 18.1. The van der Waals surface area contributed by atoms with Gasteiger partial charge in [0, 0.05) is 0 Å². The molecule has 130 valence electrons. The van der Waals surface area contributed by atoms with Crippen LogP contribution in [0.3, 0.4) is 0 Å². The summed E-state index contributed by atoms with van der Waals surface area (Å²) in [6.45, 7) is 3.61. The Bertz CT molecular complexity index is 601. The molecule has 2 rings (SSSR count). The summed E-state index contributed by atoms with van der Waals surface area (Å²) in [6.07, 6.45) is 0.296. The minimum absolute atomic E-state index is 0.315. The van der Waals surface area contributed by atoms with Crippen LogP contribution < -0.4 is 0 Å². The van der Waals surface area contributed by atoms with Crippen molar-refractivity contribution < 1.29 is 15.0 Å². The first-order valence-corrected chi connectivity index (χ1v) is 8.09. The zero-order valence-electron chi connectivity index (χ0n) is 14.8. The van der Waals surface area contributed by atoms with Crippen LogP contribution in [-0.4, -0.2) is 41.4 Å². The maximum Gasteiger partial charge on any atom is 0.310 e. The highest BCUT2D eigenvalue weighted by Gasteiger charge is 2.16. The Labute approximate surface area is 144 Å². The highest BCUT2D eigenvalue weighted by Crippen LogP contribution is 2.24. The molecule has 2 atom stereocenters. The van der Waals surface area contributed by atoms with E-state index in [0.29, 0.717) is 6.42 Å². The summed E-state index contributed by atoms with van der Waals surface area (Å²) in [7, 11) is 3.65. The minimum atomic E-state index is -0.759. The first kappa shape index (κ1) is 19.9. The summed E-state index contributed by atoms with van der Waals surface area (Å²) in [5.41, 5.74) is 3.12. The number of carboxylic acid groups (broad SMARTS) is 1. The van der Waals surface area contributed by atoms with Crippen LogP contribution in [-0.2, 0) is 4.79 Å². The average molecular weight is 329 g/mol. The molecule has 0 amide bonds. The van der Waals surface area contributed by atoms with Crippen LogP contribution in [0.4, 0.5) is 0 Å². The van der Waals surface area contributed by atoms with Gasteiger partial charge < -0.3 is 10.2 Å². The Morgan fingerprint density at radius 1 is 1.00 bits per heavy atom. The molecule has 2 aromatic rings. The third kappa shape index (κ3) is 6.14. The maximum atomic E-state index is 11.1. The maximum absolute atomic E-state index is 11.1. The van der Waals surface area contributed by atoms with E-state index in [0.717, 1.165) is 16.7 Å². The number of aliphatic hydroxyl groups excluding tert-OH is 1. The van der Waals surface area contributed by atoms with Crippen molar-refractivity contribution >= 4 is 5.97 Å². The van der Waals surface area contributed by atoms with Gasteiger partial charge in [-0.3, -0.25) is 9.69 Å². The molecule has 0 saturated carbocycles. The molecular formula is C20H27NO3. The average Bonchev–Trinajstić information content (AvgIpc) is 2.57.